The molecule has 1 atom stereocenters. The lowest BCUT2D eigenvalue weighted by molar-refractivity contribution is 0.194. The minimum absolute atomic E-state index is 0.121. The molecule has 2 aromatic carbocycles. The lowest BCUT2D eigenvalue weighted by Crippen LogP contribution is -2.38. The van der Waals surface area contributed by atoms with E-state index in [0.717, 1.165) is 16.8 Å². The van der Waals surface area contributed by atoms with E-state index in [-0.39, 0.29) is 24.4 Å². The molecule has 1 N–H and O–H groups in total. The first-order valence-corrected chi connectivity index (χ1v) is 8.66. The van der Waals surface area contributed by atoms with Crippen molar-refractivity contribution < 1.29 is 9.18 Å². The number of nitrogens with zero attached hydrogens (tertiary/aromatic N) is 4. The third-order valence-corrected chi connectivity index (χ3v) is 4.64. The van der Waals surface area contributed by atoms with Crippen LogP contribution >= 0.6 is 0 Å². The molecule has 1 heterocycles. The number of amides is 2. The number of urea groups is 1. The molecular formula is C20H22FN5O. The molecule has 0 fully saturated rings. The second-order valence-electron chi connectivity index (χ2n) is 6.46. The number of aromatic nitrogens is 3. The Bertz CT molecular complexity index is 909. The van der Waals surface area contributed by atoms with Gasteiger partial charge in [-0.25, -0.2) is 18.9 Å². The van der Waals surface area contributed by atoms with Gasteiger partial charge in [0, 0.05) is 13.6 Å². The third kappa shape index (κ3) is 4.31. The number of nitrogens with one attached hydrogen (secondary N) is 1. The van der Waals surface area contributed by atoms with Crippen LogP contribution in [0.25, 0.3) is 5.69 Å². The number of hydrogen-bond acceptors (Lipinski definition) is 3. The van der Waals surface area contributed by atoms with Gasteiger partial charge < -0.3 is 10.2 Å². The van der Waals surface area contributed by atoms with Crippen LogP contribution in [0.4, 0.5) is 9.18 Å². The molecule has 0 aliphatic heterocycles. The minimum atomic E-state index is -0.268. The second kappa shape index (κ2) is 7.99. The van der Waals surface area contributed by atoms with Crippen molar-refractivity contribution in [1.29, 1.82) is 0 Å². The zero-order valence-corrected chi connectivity index (χ0v) is 15.6. The maximum atomic E-state index is 13.6. The predicted octanol–water partition coefficient (Wildman–Crippen LogP) is 3.62. The molecule has 3 aromatic rings. The molecule has 0 radical (unpaired) electrons. The maximum Gasteiger partial charge on any atom is 0.317 e. The third-order valence-electron chi connectivity index (χ3n) is 4.64. The van der Waals surface area contributed by atoms with Gasteiger partial charge in [-0.15, -0.1) is 0 Å². The summed E-state index contributed by atoms with van der Waals surface area (Å²) in [4.78, 5) is 18.0. The van der Waals surface area contributed by atoms with Gasteiger partial charge in [-0.05, 0) is 48.7 Å². The van der Waals surface area contributed by atoms with E-state index in [9.17, 15) is 9.18 Å². The number of carbonyl (C=O) groups excluding carboxylic acids is 1. The Balaban J connectivity index is 1.61. The zero-order chi connectivity index (χ0) is 19.4. The molecule has 1 aromatic heterocycles. The Hall–Kier alpha value is -3.22. The van der Waals surface area contributed by atoms with Crippen molar-refractivity contribution in [2.24, 2.45) is 0 Å². The van der Waals surface area contributed by atoms with Crippen LogP contribution in [0.15, 0.2) is 55.1 Å². The summed E-state index contributed by atoms with van der Waals surface area (Å²) in [6.45, 7) is 3.94. The molecule has 0 spiro atoms. The smallest absolute Gasteiger partial charge is 0.317 e. The summed E-state index contributed by atoms with van der Waals surface area (Å²) in [6, 6.07) is 12.4. The lowest BCUT2D eigenvalue weighted by atomic mass is 10.1. The summed E-state index contributed by atoms with van der Waals surface area (Å²) in [5.41, 5.74) is 3.21. The SMILES string of the molecule is Cc1ccc(CNC(=O)N(C)C(C)c2ccc(-n3cncn3)cc2)cc1F. The normalized spacial score (nSPS) is 11.9. The van der Waals surface area contributed by atoms with Crippen LogP contribution in [0, 0.1) is 12.7 Å². The molecule has 3 rings (SSSR count). The molecule has 140 valence electrons. The number of benzene rings is 2. The van der Waals surface area contributed by atoms with Gasteiger partial charge in [0.15, 0.2) is 0 Å². The number of aryl methyl sites for hydroxylation is 1. The summed E-state index contributed by atoms with van der Waals surface area (Å²) < 4.78 is 15.3. The van der Waals surface area contributed by atoms with Gasteiger partial charge in [0.1, 0.15) is 18.5 Å². The van der Waals surface area contributed by atoms with E-state index in [1.54, 1.807) is 35.9 Å². The fourth-order valence-electron chi connectivity index (χ4n) is 2.70. The van der Waals surface area contributed by atoms with Crippen LogP contribution in [0.3, 0.4) is 0 Å². The Labute approximate surface area is 157 Å². The van der Waals surface area contributed by atoms with Gasteiger partial charge in [-0.3, -0.25) is 0 Å². The summed E-state index contributed by atoms with van der Waals surface area (Å²) in [5.74, 6) is -0.268. The van der Waals surface area contributed by atoms with Crippen LogP contribution in [-0.4, -0.2) is 32.7 Å². The fourth-order valence-corrected chi connectivity index (χ4v) is 2.70. The molecule has 6 nitrogen and oxygen atoms in total. The van der Waals surface area contributed by atoms with Crippen LogP contribution in [0.1, 0.15) is 29.7 Å². The van der Waals surface area contributed by atoms with E-state index in [0.29, 0.717) is 5.56 Å². The highest BCUT2D eigenvalue weighted by Gasteiger charge is 2.17. The van der Waals surface area contributed by atoms with Gasteiger partial charge in [-0.1, -0.05) is 24.3 Å². The molecular weight excluding hydrogens is 345 g/mol. The molecule has 0 saturated heterocycles. The molecule has 0 bridgehead atoms. The van der Waals surface area contributed by atoms with Crippen LogP contribution < -0.4 is 5.32 Å². The van der Waals surface area contributed by atoms with Crippen molar-refractivity contribution in [2.45, 2.75) is 26.4 Å². The van der Waals surface area contributed by atoms with Crippen molar-refractivity contribution in [3.63, 3.8) is 0 Å². The van der Waals surface area contributed by atoms with E-state index in [1.807, 2.05) is 37.3 Å². The first-order chi connectivity index (χ1) is 13.0. The molecule has 1 unspecified atom stereocenters. The number of halogens is 1. The molecule has 7 heteroatoms. The Morgan fingerprint density at radius 1 is 1.26 bits per heavy atom. The topological polar surface area (TPSA) is 63.1 Å². The predicted molar refractivity (Wildman–Crippen MR) is 101 cm³/mol. The number of carbonyl (C=O) groups is 1. The quantitative estimate of drug-likeness (QED) is 0.749. The Kier molecular flexibility index (Phi) is 5.49. The van der Waals surface area contributed by atoms with Crippen molar-refractivity contribution in [3.05, 3.63) is 77.6 Å². The average molecular weight is 367 g/mol. The highest BCUT2D eigenvalue weighted by atomic mass is 19.1. The first kappa shape index (κ1) is 18.6. The molecule has 0 aliphatic rings. The van der Waals surface area contributed by atoms with Crippen LogP contribution in [-0.2, 0) is 6.54 Å². The standard InChI is InChI=1S/C20H22FN5O/c1-14-4-5-16(10-19(14)21)11-23-20(27)25(3)15(2)17-6-8-18(9-7-17)26-13-22-12-24-26/h4-10,12-13,15H,11H2,1-3H3,(H,23,27). The maximum absolute atomic E-state index is 13.6. The highest BCUT2D eigenvalue weighted by Crippen LogP contribution is 2.20. The summed E-state index contributed by atoms with van der Waals surface area (Å²) in [6.07, 6.45) is 3.11. The van der Waals surface area contributed by atoms with Gasteiger partial charge in [-0.2, -0.15) is 5.10 Å². The van der Waals surface area contributed by atoms with Crippen molar-refractivity contribution in [2.75, 3.05) is 7.05 Å². The summed E-state index contributed by atoms with van der Waals surface area (Å²) in [5, 5.41) is 6.92. The highest BCUT2D eigenvalue weighted by molar-refractivity contribution is 5.74. The fraction of sp³-hybridized carbons (Fsp3) is 0.250. The summed E-state index contributed by atoms with van der Waals surface area (Å²) >= 11 is 0. The van der Waals surface area contributed by atoms with Crippen LogP contribution in [0.2, 0.25) is 0 Å². The van der Waals surface area contributed by atoms with Gasteiger partial charge >= 0.3 is 6.03 Å². The van der Waals surface area contributed by atoms with Crippen molar-refractivity contribution in [3.8, 4) is 5.69 Å². The van der Waals surface area contributed by atoms with E-state index < -0.39 is 0 Å². The van der Waals surface area contributed by atoms with Gasteiger partial charge in [0.05, 0.1) is 11.7 Å². The minimum Gasteiger partial charge on any atom is -0.334 e. The Morgan fingerprint density at radius 3 is 2.63 bits per heavy atom. The van der Waals surface area contributed by atoms with E-state index in [1.165, 1.54) is 12.4 Å². The van der Waals surface area contributed by atoms with Crippen molar-refractivity contribution in [1.82, 2.24) is 25.0 Å². The molecule has 0 aliphatic carbocycles. The van der Waals surface area contributed by atoms with Gasteiger partial charge in [0.2, 0.25) is 0 Å². The summed E-state index contributed by atoms with van der Waals surface area (Å²) in [7, 11) is 1.74. The van der Waals surface area contributed by atoms with E-state index in [4.69, 9.17) is 0 Å². The Morgan fingerprint density at radius 2 is 2.00 bits per heavy atom. The monoisotopic (exact) mass is 367 g/mol. The molecule has 0 saturated carbocycles. The van der Waals surface area contributed by atoms with Crippen molar-refractivity contribution >= 4 is 6.03 Å². The first-order valence-electron chi connectivity index (χ1n) is 8.66. The number of hydrogen-bond donors (Lipinski definition) is 1. The van der Waals surface area contributed by atoms with E-state index in [2.05, 4.69) is 15.4 Å². The van der Waals surface area contributed by atoms with E-state index >= 15 is 0 Å². The molecule has 2 amide bonds. The average Bonchev–Trinajstić information content (AvgIpc) is 3.22. The second-order valence-corrected chi connectivity index (χ2v) is 6.46. The zero-order valence-electron chi connectivity index (χ0n) is 15.6. The lowest BCUT2D eigenvalue weighted by Gasteiger charge is -2.26. The largest absolute Gasteiger partial charge is 0.334 e. The molecule has 27 heavy (non-hydrogen) atoms. The number of rotatable bonds is 5. The van der Waals surface area contributed by atoms with Gasteiger partial charge in [0.25, 0.3) is 0 Å². The van der Waals surface area contributed by atoms with Crippen LogP contribution in [0.5, 0.6) is 0 Å².